The summed E-state index contributed by atoms with van der Waals surface area (Å²) in [5.74, 6) is -1.29. The summed E-state index contributed by atoms with van der Waals surface area (Å²) in [6, 6.07) is 13.2. The molecule has 132 valence electrons. The number of para-hydroxylation sites is 1. The number of alkyl halides is 1. The van der Waals surface area contributed by atoms with E-state index < -0.39 is 16.9 Å². The first kappa shape index (κ1) is 18.0. The van der Waals surface area contributed by atoms with Gasteiger partial charge in [0.2, 0.25) is 0 Å². The van der Waals surface area contributed by atoms with Crippen LogP contribution in [0.3, 0.4) is 0 Å². The predicted octanol–water partition coefficient (Wildman–Crippen LogP) is 4.46. The number of anilines is 1. The minimum Gasteiger partial charge on any atom is -0.478 e. The standard InChI is InChI=1S/C21H18ClNO3/c1-14-8-7-11-16(20(25)26)18(14)23-17-12-5-6-13-21(17,22)19(24)15-9-3-2-4-10-15/h2-13,17,23H,1H3,(H,25,26). The summed E-state index contributed by atoms with van der Waals surface area (Å²) in [5.41, 5.74) is 1.85. The second-order valence-electron chi connectivity index (χ2n) is 6.13. The normalized spacial score (nSPS) is 21.4. The number of ketones is 1. The first-order chi connectivity index (χ1) is 12.4. The Bertz CT molecular complexity index is 905. The van der Waals surface area contributed by atoms with Crippen molar-refractivity contribution in [1.82, 2.24) is 0 Å². The highest BCUT2D eigenvalue weighted by atomic mass is 35.5. The quantitative estimate of drug-likeness (QED) is 0.604. The molecule has 1 aliphatic rings. The molecule has 2 N–H and O–H groups in total. The molecule has 0 radical (unpaired) electrons. The number of carbonyl (C=O) groups excluding carboxylic acids is 1. The van der Waals surface area contributed by atoms with Gasteiger partial charge in [0.1, 0.15) is 4.87 Å². The van der Waals surface area contributed by atoms with E-state index in [-0.39, 0.29) is 11.3 Å². The minimum absolute atomic E-state index is 0.138. The van der Waals surface area contributed by atoms with Crippen molar-refractivity contribution in [3.05, 3.63) is 89.5 Å². The van der Waals surface area contributed by atoms with Crippen LogP contribution in [-0.2, 0) is 0 Å². The molecular formula is C21H18ClNO3. The maximum atomic E-state index is 13.1. The number of aromatic carboxylic acids is 1. The number of benzene rings is 2. The van der Waals surface area contributed by atoms with Gasteiger partial charge in [-0.15, -0.1) is 11.6 Å². The predicted molar refractivity (Wildman–Crippen MR) is 103 cm³/mol. The maximum Gasteiger partial charge on any atom is 0.337 e. The number of aryl methyl sites for hydroxylation is 1. The molecule has 5 heteroatoms. The summed E-state index contributed by atoms with van der Waals surface area (Å²) in [5, 5.41) is 12.6. The Morgan fingerprint density at radius 3 is 2.50 bits per heavy atom. The molecule has 2 unspecified atom stereocenters. The Morgan fingerprint density at radius 1 is 1.08 bits per heavy atom. The van der Waals surface area contributed by atoms with Gasteiger partial charge in [-0.25, -0.2) is 4.79 Å². The highest BCUT2D eigenvalue weighted by molar-refractivity contribution is 6.40. The second-order valence-corrected chi connectivity index (χ2v) is 6.76. The molecule has 0 heterocycles. The Hall–Kier alpha value is -2.85. The Morgan fingerprint density at radius 2 is 1.81 bits per heavy atom. The van der Waals surface area contributed by atoms with E-state index in [4.69, 9.17) is 11.6 Å². The van der Waals surface area contributed by atoms with E-state index in [9.17, 15) is 14.7 Å². The molecule has 0 saturated carbocycles. The van der Waals surface area contributed by atoms with Crippen LogP contribution in [0.1, 0.15) is 26.3 Å². The van der Waals surface area contributed by atoms with Crippen molar-refractivity contribution < 1.29 is 14.7 Å². The lowest BCUT2D eigenvalue weighted by atomic mass is 9.86. The summed E-state index contributed by atoms with van der Waals surface area (Å²) >= 11 is 6.76. The number of allylic oxidation sites excluding steroid dienone is 2. The Labute approximate surface area is 156 Å². The molecule has 0 aromatic heterocycles. The van der Waals surface area contributed by atoms with E-state index in [1.54, 1.807) is 54.6 Å². The van der Waals surface area contributed by atoms with Crippen molar-refractivity contribution in [2.45, 2.75) is 17.8 Å². The number of carboxylic acids is 1. The van der Waals surface area contributed by atoms with Crippen molar-refractivity contribution in [3.8, 4) is 0 Å². The first-order valence-corrected chi connectivity index (χ1v) is 8.55. The molecule has 0 spiro atoms. The van der Waals surface area contributed by atoms with Crippen LogP contribution in [0.25, 0.3) is 0 Å². The van der Waals surface area contributed by atoms with Gasteiger partial charge in [0.25, 0.3) is 0 Å². The monoisotopic (exact) mass is 367 g/mol. The van der Waals surface area contributed by atoms with Crippen LogP contribution in [-0.4, -0.2) is 27.8 Å². The third kappa shape index (κ3) is 3.28. The molecular weight excluding hydrogens is 350 g/mol. The lowest BCUT2D eigenvalue weighted by Gasteiger charge is -2.33. The zero-order chi connectivity index (χ0) is 18.7. The van der Waals surface area contributed by atoms with E-state index in [1.807, 2.05) is 19.1 Å². The van der Waals surface area contributed by atoms with E-state index in [0.717, 1.165) is 5.56 Å². The molecule has 1 aliphatic carbocycles. The number of carbonyl (C=O) groups is 2. The molecule has 0 amide bonds. The van der Waals surface area contributed by atoms with E-state index in [0.29, 0.717) is 11.3 Å². The van der Waals surface area contributed by atoms with Crippen LogP contribution < -0.4 is 5.32 Å². The molecule has 2 aromatic rings. The largest absolute Gasteiger partial charge is 0.478 e. The SMILES string of the molecule is Cc1cccc(C(=O)O)c1NC1C=CC=CC1(Cl)C(=O)c1ccccc1. The lowest BCUT2D eigenvalue weighted by Crippen LogP contribution is -2.47. The molecule has 26 heavy (non-hydrogen) atoms. The highest BCUT2D eigenvalue weighted by Crippen LogP contribution is 2.34. The topological polar surface area (TPSA) is 66.4 Å². The Kier molecular flexibility index (Phi) is 4.96. The molecule has 0 fully saturated rings. The van der Waals surface area contributed by atoms with Crippen molar-refractivity contribution in [1.29, 1.82) is 0 Å². The number of carboxylic acid groups (broad SMARTS) is 1. The number of halogens is 1. The van der Waals surface area contributed by atoms with Crippen LogP contribution in [0.5, 0.6) is 0 Å². The molecule has 3 rings (SSSR count). The maximum absolute atomic E-state index is 13.1. The fourth-order valence-electron chi connectivity index (χ4n) is 2.99. The van der Waals surface area contributed by atoms with Crippen molar-refractivity contribution >= 4 is 29.0 Å². The molecule has 0 aliphatic heterocycles. The number of hydrogen-bond acceptors (Lipinski definition) is 3. The molecule has 0 saturated heterocycles. The zero-order valence-electron chi connectivity index (χ0n) is 14.1. The lowest BCUT2D eigenvalue weighted by molar-refractivity contribution is 0.0697. The minimum atomic E-state index is -1.35. The average molecular weight is 368 g/mol. The fraction of sp³-hybridized carbons (Fsp3) is 0.143. The molecule has 0 bridgehead atoms. The summed E-state index contributed by atoms with van der Waals surface area (Å²) in [6.45, 7) is 1.81. The van der Waals surface area contributed by atoms with Crippen molar-refractivity contribution in [3.63, 3.8) is 0 Å². The number of rotatable bonds is 5. The summed E-state index contributed by atoms with van der Waals surface area (Å²) in [6.07, 6.45) is 6.92. The molecule has 2 atom stereocenters. The summed E-state index contributed by atoms with van der Waals surface area (Å²) < 4.78 is 0. The third-order valence-electron chi connectivity index (χ3n) is 4.39. The zero-order valence-corrected chi connectivity index (χ0v) is 14.9. The van der Waals surface area contributed by atoms with Gasteiger partial charge in [-0.2, -0.15) is 0 Å². The van der Waals surface area contributed by atoms with E-state index in [2.05, 4.69) is 5.32 Å². The molecule has 2 aromatic carbocycles. The fourth-order valence-corrected chi connectivity index (χ4v) is 3.30. The van der Waals surface area contributed by atoms with Gasteiger partial charge in [-0.05, 0) is 18.6 Å². The van der Waals surface area contributed by atoms with Gasteiger partial charge < -0.3 is 10.4 Å². The second kappa shape index (κ2) is 7.18. The van der Waals surface area contributed by atoms with Gasteiger partial charge in [-0.1, -0.05) is 66.8 Å². The Balaban J connectivity index is 1.99. The number of hydrogen-bond donors (Lipinski definition) is 2. The van der Waals surface area contributed by atoms with Crippen LogP contribution in [0.15, 0.2) is 72.8 Å². The van der Waals surface area contributed by atoms with E-state index in [1.165, 1.54) is 6.07 Å². The number of Topliss-reactive ketones (excluding diaryl/α,β-unsaturated/α-hetero) is 1. The van der Waals surface area contributed by atoms with Crippen LogP contribution in [0.4, 0.5) is 5.69 Å². The molecule has 4 nitrogen and oxygen atoms in total. The summed E-state index contributed by atoms with van der Waals surface area (Å²) in [4.78, 5) is 23.3. The van der Waals surface area contributed by atoms with Gasteiger partial charge in [0.15, 0.2) is 5.78 Å². The van der Waals surface area contributed by atoms with E-state index >= 15 is 0 Å². The van der Waals surface area contributed by atoms with Crippen LogP contribution in [0, 0.1) is 6.92 Å². The van der Waals surface area contributed by atoms with Crippen molar-refractivity contribution in [2.75, 3.05) is 5.32 Å². The van der Waals surface area contributed by atoms with Gasteiger partial charge in [0, 0.05) is 5.56 Å². The van der Waals surface area contributed by atoms with Crippen LogP contribution in [0.2, 0.25) is 0 Å². The number of nitrogens with one attached hydrogen (secondary N) is 1. The van der Waals surface area contributed by atoms with Crippen LogP contribution >= 0.6 is 11.6 Å². The smallest absolute Gasteiger partial charge is 0.337 e. The van der Waals surface area contributed by atoms with Gasteiger partial charge in [-0.3, -0.25) is 4.79 Å². The summed E-state index contributed by atoms with van der Waals surface area (Å²) in [7, 11) is 0. The third-order valence-corrected chi connectivity index (χ3v) is 4.93. The van der Waals surface area contributed by atoms with Crippen molar-refractivity contribution in [2.24, 2.45) is 0 Å². The first-order valence-electron chi connectivity index (χ1n) is 8.17. The average Bonchev–Trinajstić information content (AvgIpc) is 2.65. The van der Waals surface area contributed by atoms with Gasteiger partial charge in [0.05, 0.1) is 17.3 Å². The highest BCUT2D eigenvalue weighted by Gasteiger charge is 2.42. The van der Waals surface area contributed by atoms with Gasteiger partial charge >= 0.3 is 5.97 Å².